The van der Waals surface area contributed by atoms with Crippen molar-refractivity contribution < 1.29 is 9.90 Å². The van der Waals surface area contributed by atoms with Crippen LogP contribution in [0.1, 0.15) is 29.3 Å². The number of carbonyl (C=O) groups excluding carboxylic acids is 1. The number of carboxylic acids is 1. The van der Waals surface area contributed by atoms with E-state index in [2.05, 4.69) is 6.92 Å². The second-order valence-electron chi connectivity index (χ2n) is 2.73. The summed E-state index contributed by atoms with van der Waals surface area (Å²) in [4.78, 5) is 10.4. The zero-order chi connectivity index (χ0) is 8.97. The highest BCUT2D eigenvalue weighted by atomic mass is 16.4. The van der Waals surface area contributed by atoms with E-state index in [9.17, 15) is 9.90 Å². The van der Waals surface area contributed by atoms with Crippen molar-refractivity contribution in [2.75, 3.05) is 0 Å². The van der Waals surface area contributed by atoms with Crippen molar-refractivity contribution in [1.82, 2.24) is 0 Å². The van der Waals surface area contributed by atoms with E-state index in [-0.39, 0.29) is 5.56 Å². The van der Waals surface area contributed by atoms with E-state index in [1.54, 1.807) is 12.1 Å². The molecule has 0 N–H and O–H groups in total. The van der Waals surface area contributed by atoms with Crippen molar-refractivity contribution in [3.05, 3.63) is 35.4 Å². The van der Waals surface area contributed by atoms with Crippen LogP contribution >= 0.6 is 0 Å². The van der Waals surface area contributed by atoms with Gasteiger partial charge in [-0.05, 0) is 17.5 Å². The van der Waals surface area contributed by atoms with Crippen LogP contribution in [0.25, 0.3) is 0 Å². The molecule has 0 unspecified atom stereocenters. The number of carbonyl (C=O) groups is 1. The van der Waals surface area contributed by atoms with E-state index in [0.717, 1.165) is 12.8 Å². The molecule has 1 aromatic rings. The monoisotopic (exact) mass is 163 g/mol. The third kappa shape index (κ3) is 2.09. The van der Waals surface area contributed by atoms with Gasteiger partial charge in [-0.25, -0.2) is 0 Å². The summed E-state index contributed by atoms with van der Waals surface area (Å²) in [5.41, 5.74) is 1.41. The highest BCUT2D eigenvalue weighted by Gasteiger charge is 1.93. The molecule has 0 atom stereocenters. The summed E-state index contributed by atoms with van der Waals surface area (Å²) in [6.45, 7) is 2.09. The molecule has 0 spiro atoms. The molecule has 0 heterocycles. The minimum Gasteiger partial charge on any atom is -0.545 e. The molecule has 0 aromatic heterocycles. The van der Waals surface area contributed by atoms with Gasteiger partial charge in [0, 0.05) is 0 Å². The second kappa shape index (κ2) is 3.90. The number of hydrogen-bond donors (Lipinski definition) is 0. The Morgan fingerprint density at radius 2 is 1.92 bits per heavy atom. The van der Waals surface area contributed by atoms with Gasteiger partial charge >= 0.3 is 0 Å². The third-order valence-electron chi connectivity index (χ3n) is 1.73. The Morgan fingerprint density at radius 1 is 1.33 bits per heavy atom. The molecule has 2 nitrogen and oxygen atoms in total. The molecule has 0 bridgehead atoms. The lowest BCUT2D eigenvalue weighted by Crippen LogP contribution is -2.21. The predicted molar refractivity (Wildman–Crippen MR) is 44.8 cm³/mol. The Bertz CT molecular complexity index is 262. The van der Waals surface area contributed by atoms with Gasteiger partial charge in [0.15, 0.2) is 0 Å². The van der Waals surface area contributed by atoms with Gasteiger partial charge in [0.25, 0.3) is 0 Å². The molecule has 1 rings (SSSR count). The van der Waals surface area contributed by atoms with Gasteiger partial charge < -0.3 is 9.90 Å². The summed E-state index contributed by atoms with van der Waals surface area (Å²) in [5.74, 6) is -1.11. The van der Waals surface area contributed by atoms with Crippen LogP contribution < -0.4 is 5.11 Å². The molecular formula is C10H11O2-. The fraction of sp³-hybridized carbons (Fsp3) is 0.300. The highest BCUT2D eigenvalue weighted by molar-refractivity contribution is 5.85. The first-order chi connectivity index (χ1) is 5.74. The quantitative estimate of drug-likeness (QED) is 0.667. The van der Waals surface area contributed by atoms with Crippen molar-refractivity contribution in [2.24, 2.45) is 0 Å². The zero-order valence-electron chi connectivity index (χ0n) is 7.04. The summed E-state index contributed by atoms with van der Waals surface area (Å²) in [7, 11) is 0. The van der Waals surface area contributed by atoms with Crippen LogP contribution in [0.3, 0.4) is 0 Å². The Morgan fingerprint density at radius 3 is 2.33 bits per heavy atom. The molecular weight excluding hydrogens is 152 g/mol. The number of aromatic carboxylic acids is 1. The Labute approximate surface area is 71.8 Å². The molecule has 64 valence electrons. The van der Waals surface area contributed by atoms with Gasteiger partial charge in [0.1, 0.15) is 0 Å². The van der Waals surface area contributed by atoms with E-state index < -0.39 is 5.97 Å². The summed E-state index contributed by atoms with van der Waals surface area (Å²) in [5, 5.41) is 10.4. The van der Waals surface area contributed by atoms with Gasteiger partial charge in [-0.15, -0.1) is 0 Å². The van der Waals surface area contributed by atoms with Crippen LogP contribution in [-0.2, 0) is 6.42 Å². The highest BCUT2D eigenvalue weighted by Crippen LogP contribution is 2.05. The standard InChI is InChI=1S/C10H12O2/c1-2-3-8-4-6-9(7-5-8)10(11)12/h4-7H,2-3H2,1H3,(H,11,12)/p-1. The van der Waals surface area contributed by atoms with Crippen LogP contribution in [0.4, 0.5) is 0 Å². The molecule has 0 aliphatic heterocycles. The number of hydrogen-bond acceptors (Lipinski definition) is 2. The molecule has 0 aliphatic rings. The normalized spacial score (nSPS) is 9.75. The van der Waals surface area contributed by atoms with Gasteiger partial charge in [-0.1, -0.05) is 37.6 Å². The lowest BCUT2D eigenvalue weighted by Gasteiger charge is -2.03. The van der Waals surface area contributed by atoms with Gasteiger partial charge in [0.05, 0.1) is 5.97 Å². The zero-order valence-corrected chi connectivity index (χ0v) is 7.04. The number of rotatable bonds is 3. The van der Waals surface area contributed by atoms with E-state index in [0.29, 0.717) is 0 Å². The first-order valence-corrected chi connectivity index (χ1v) is 4.04. The maximum Gasteiger partial charge on any atom is 0.0715 e. The SMILES string of the molecule is CCCc1ccc(C(=O)[O-])cc1. The number of benzene rings is 1. The largest absolute Gasteiger partial charge is 0.545 e. The summed E-state index contributed by atoms with van der Waals surface area (Å²) < 4.78 is 0. The number of carboxylic acid groups (broad SMARTS) is 1. The first-order valence-electron chi connectivity index (χ1n) is 4.04. The fourth-order valence-corrected chi connectivity index (χ4v) is 1.10. The van der Waals surface area contributed by atoms with E-state index in [4.69, 9.17) is 0 Å². The van der Waals surface area contributed by atoms with Gasteiger partial charge in [-0.2, -0.15) is 0 Å². The predicted octanol–water partition coefficient (Wildman–Crippen LogP) is 1.00. The van der Waals surface area contributed by atoms with Crippen LogP contribution in [0.15, 0.2) is 24.3 Å². The average molecular weight is 163 g/mol. The molecule has 0 radical (unpaired) electrons. The molecule has 0 aliphatic carbocycles. The average Bonchev–Trinajstić information content (AvgIpc) is 2.06. The summed E-state index contributed by atoms with van der Waals surface area (Å²) in [6.07, 6.45) is 2.07. The second-order valence-corrected chi connectivity index (χ2v) is 2.73. The van der Waals surface area contributed by atoms with Crippen LogP contribution in [0, 0.1) is 0 Å². The molecule has 0 saturated heterocycles. The van der Waals surface area contributed by atoms with Gasteiger partial charge in [0.2, 0.25) is 0 Å². The van der Waals surface area contributed by atoms with Crippen LogP contribution in [0.2, 0.25) is 0 Å². The summed E-state index contributed by atoms with van der Waals surface area (Å²) in [6, 6.07) is 6.82. The van der Waals surface area contributed by atoms with Crippen molar-refractivity contribution >= 4 is 5.97 Å². The van der Waals surface area contributed by atoms with Crippen molar-refractivity contribution in [3.63, 3.8) is 0 Å². The fourth-order valence-electron chi connectivity index (χ4n) is 1.10. The molecule has 1 aromatic carbocycles. The lowest BCUT2D eigenvalue weighted by atomic mass is 10.1. The van der Waals surface area contributed by atoms with Crippen molar-refractivity contribution in [1.29, 1.82) is 0 Å². The van der Waals surface area contributed by atoms with Crippen LogP contribution in [0.5, 0.6) is 0 Å². The number of aryl methyl sites for hydroxylation is 1. The summed E-state index contributed by atoms with van der Waals surface area (Å²) >= 11 is 0. The molecule has 0 fully saturated rings. The maximum absolute atomic E-state index is 10.4. The smallest absolute Gasteiger partial charge is 0.0715 e. The molecule has 12 heavy (non-hydrogen) atoms. The minimum atomic E-state index is -1.11. The Balaban J connectivity index is 2.78. The van der Waals surface area contributed by atoms with Crippen molar-refractivity contribution in [3.8, 4) is 0 Å². The van der Waals surface area contributed by atoms with E-state index >= 15 is 0 Å². The van der Waals surface area contributed by atoms with E-state index in [1.165, 1.54) is 5.56 Å². The lowest BCUT2D eigenvalue weighted by molar-refractivity contribution is -0.255. The maximum atomic E-state index is 10.4. The Hall–Kier alpha value is -1.31. The molecule has 0 saturated carbocycles. The third-order valence-corrected chi connectivity index (χ3v) is 1.73. The topological polar surface area (TPSA) is 40.1 Å². The van der Waals surface area contributed by atoms with Gasteiger partial charge in [-0.3, -0.25) is 0 Å². The van der Waals surface area contributed by atoms with E-state index in [1.807, 2.05) is 12.1 Å². The van der Waals surface area contributed by atoms with Crippen LogP contribution in [-0.4, -0.2) is 5.97 Å². The first kappa shape index (κ1) is 8.78. The minimum absolute atomic E-state index is 0.245. The Kier molecular flexibility index (Phi) is 2.86. The molecule has 2 heteroatoms. The van der Waals surface area contributed by atoms with Crippen molar-refractivity contribution in [2.45, 2.75) is 19.8 Å². The molecule has 0 amide bonds.